The minimum atomic E-state index is -0.225. The third-order valence-electron chi connectivity index (χ3n) is 3.25. The number of aromatic nitrogens is 2. The van der Waals surface area contributed by atoms with Crippen LogP contribution in [-0.4, -0.2) is 28.1 Å². The Morgan fingerprint density at radius 3 is 2.39 bits per heavy atom. The van der Waals surface area contributed by atoms with Gasteiger partial charge >= 0.3 is 5.56 Å². The molecule has 0 saturated heterocycles. The van der Waals surface area contributed by atoms with E-state index < -0.39 is 0 Å². The summed E-state index contributed by atoms with van der Waals surface area (Å²) < 4.78 is 12.3. The Hall–Kier alpha value is -2.18. The van der Waals surface area contributed by atoms with Crippen LogP contribution in [0, 0.1) is 0 Å². The smallest absolute Gasteiger partial charge is 0.309 e. The molecule has 6 heteroatoms. The van der Waals surface area contributed by atoms with Crippen molar-refractivity contribution in [2.45, 2.75) is 33.1 Å². The molecule has 1 aromatic carbocycles. The van der Waals surface area contributed by atoms with Gasteiger partial charge in [0.2, 0.25) is 0 Å². The van der Waals surface area contributed by atoms with Crippen molar-refractivity contribution in [2.75, 3.05) is 13.2 Å². The minimum Gasteiger partial charge on any atom is -0.483 e. The summed E-state index contributed by atoms with van der Waals surface area (Å²) in [6.07, 6.45) is 1.57. The largest absolute Gasteiger partial charge is 0.483 e. The second-order valence-corrected chi connectivity index (χ2v) is 5.42. The molecule has 0 radical (unpaired) electrons. The maximum absolute atomic E-state index is 12.2. The molecular formula is C17H22N2O4. The lowest BCUT2D eigenvalue weighted by Gasteiger charge is -2.11. The number of benzene rings is 1. The molecule has 0 aliphatic rings. The van der Waals surface area contributed by atoms with Crippen LogP contribution in [-0.2, 0) is 18.0 Å². The van der Waals surface area contributed by atoms with E-state index >= 15 is 0 Å². The SMILES string of the molecule is CC(C)n1nccc(OCc2ccc(COCCO)cc2)c1=O. The summed E-state index contributed by atoms with van der Waals surface area (Å²) in [5.74, 6) is 0.295. The quantitative estimate of drug-likeness (QED) is 0.753. The van der Waals surface area contributed by atoms with Crippen molar-refractivity contribution in [1.29, 1.82) is 0 Å². The van der Waals surface area contributed by atoms with Gasteiger partial charge in [0.05, 0.1) is 32.1 Å². The second-order valence-electron chi connectivity index (χ2n) is 5.42. The number of ether oxygens (including phenoxy) is 2. The van der Waals surface area contributed by atoms with Gasteiger partial charge in [-0.25, -0.2) is 4.68 Å². The van der Waals surface area contributed by atoms with E-state index in [9.17, 15) is 4.79 Å². The van der Waals surface area contributed by atoms with Crippen LogP contribution in [0.15, 0.2) is 41.3 Å². The van der Waals surface area contributed by atoms with Crippen molar-refractivity contribution in [2.24, 2.45) is 0 Å². The molecule has 0 amide bonds. The number of aliphatic hydroxyl groups excluding tert-OH is 1. The fourth-order valence-corrected chi connectivity index (χ4v) is 2.03. The summed E-state index contributed by atoms with van der Waals surface area (Å²) >= 11 is 0. The van der Waals surface area contributed by atoms with Gasteiger partial charge in [0.15, 0.2) is 5.75 Å². The number of hydrogen-bond acceptors (Lipinski definition) is 5. The molecule has 0 spiro atoms. The standard InChI is InChI=1S/C17H22N2O4/c1-13(2)19-17(21)16(7-8-18-19)23-12-15-5-3-14(4-6-15)11-22-10-9-20/h3-8,13,20H,9-12H2,1-2H3. The topological polar surface area (TPSA) is 73.6 Å². The van der Waals surface area contributed by atoms with Crippen molar-refractivity contribution in [3.05, 3.63) is 58.0 Å². The third kappa shape index (κ3) is 4.91. The third-order valence-corrected chi connectivity index (χ3v) is 3.25. The highest BCUT2D eigenvalue weighted by atomic mass is 16.5. The zero-order chi connectivity index (χ0) is 16.7. The van der Waals surface area contributed by atoms with Gasteiger partial charge in [0.1, 0.15) is 6.61 Å². The Kier molecular flexibility index (Phi) is 6.31. The van der Waals surface area contributed by atoms with Crippen molar-refractivity contribution < 1.29 is 14.6 Å². The zero-order valence-electron chi connectivity index (χ0n) is 13.4. The lowest BCUT2D eigenvalue weighted by molar-refractivity contribution is 0.0815. The van der Waals surface area contributed by atoms with E-state index in [4.69, 9.17) is 14.6 Å². The molecule has 0 fully saturated rings. The fraction of sp³-hybridized carbons (Fsp3) is 0.412. The first kappa shape index (κ1) is 17.2. The van der Waals surface area contributed by atoms with Gasteiger partial charge in [-0.05, 0) is 25.0 Å². The van der Waals surface area contributed by atoms with Gasteiger partial charge in [-0.3, -0.25) is 4.79 Å². The molecular weight excluding hydrogens is 296 g/mol. The Morgan fingerprint density at radius 1 is 1.13 bits per heavy atom. The van der Waals surface area contributed by atoms with Crippen LogP contribution < -0.4 is 10.3 Å². The first-order valence-electron chi connectivity index (χ1n) is 7.59. The predicted molar refractivity (Wildman–Crippen MR) is 86.4 cm³/mol. The van der Waals surface area contributed by atoms with Crippen molar-refractivity contribution >= 4 is 0 Å². The maximum atomic E-state index is 12.2. The van der Waals surface area contributed by atoms with Gasteiger partial charge in [0.25, 0.3) is 0 Å². The molecule has 1 N–H and O–H groups in total. The van der Waals surface area contributed by atoms with Crippen LogP contribution >= 0.6 is 0 Å². The van der Waals surface area contributed by atoms with Gasteiger partial charge in [-0.1, -0.05) is 24.3 Å². The second kappa shape index (κ2) is 8.45. The van der Waals surface area contributed by atoms with E-state index in [0.717, 1.165) is 11.1 Å². The van der Waals surface area contributed by atoms with Crippen LogP contribution in [0.25, 0.3) is 0 Å². The molecule has 23 heavy (non-hydrogen) atoms. The summed E-state index contributed by atoms with van der Waals surface area (Å²) in [6, 6.07) is 9.31. The average molecular weight is 318 g/mol. The van der Waals surface area contributed by atoms with E-state index in [1.54, 1.807) is 12.3 Å². The molecule has 0 bridgehead atoms. The molecule has 0 aliphatic carbocycles. The van der Waals surface area contributed by atoms with E-state index in [0.29, 0.717) is 25.6 Å². The Labute approximate surface area is 135 Å². The number of nitrogens with zero attached hydrogens (tertiary/aromatic N) is 2. The molecule has 6 nitrogen and oxygen atoms in total. The Bertz CT molecular complexity index is 665. The molecule has 0 atom stereocenters. The Balaban J connectivity index is 1.96. The summed E-state index contributed by atoms with van der Waals surface area (Å²) in [6.45, 7) is 4.92. The lowest BCUT2D eigenvalue weighted by Crippen LogP contribution is -2.25. The minimum absolute atomic E-state index is 0.00995. The maximum Gasteiger partial charge on any atom is 0.309 e. The van der Waals surface area contributed by atoms with Crippen LogP contribution in [0.1, 0.15) is 31.0 Å². The van der Waals surface area contributed by atoms with Gasteiger partial charge in [-0.15, -0.1) is 0 Å². The van der Waals surface area contributed by atoms with E-state index in [-0.39, 0.29) is 18.2 Å². The van der Waals surface area contributed by atoms with Gasteiger partial charge in [-0.2, -0.15) is 5.10 Å². The number of aliphatic hydroxyl groups is 1. The van der Waals surface area contributed by atoms with E-state index in [1.807, 2.05) is 38.1 Å². The molecule has 1 heterocycles. The number of rotatable bonds is 8. The molecule has 0 aliphatic heterocycles. The summed E-state index contributed by atoms with van der Waals surface area (Å²) in [7, 11) is 0. The highest BCUT2D eigenvalue weighted by Gasteiger charge is 2.08. The van der Waals surface area contributed by atoms with Crippen LogP contribution in [0.4, 0.5) is 0 Å². The predicted octanol–water partition coefficient (Wildman–Crippen LogP) is 1.91. The molecule has 2 aromatic rings. The van der Waals surface area contributed by atoms with Crippen molar-refractivity contribution in [3.8, 4) is 5.75 Å². The Morgan fingerprint density at radius 2 is 1.78 bits per heavy atom. The van der Waals surface area contributed by atoms with Gasteiger partial charge < -0.3 is 14.6 Å². The van der Waals surface area contributed by atoms with E-state index in [2.05, 4.69) is 5.10 Å². The number of hydrogen-bond donors (Lipinski definition) is 1. The molecule has 1 aromatic heterocycles. The van der Waals surface area contributed by atoms with E-state index in [1.165, 1.54) is 4.68 Å². The lowest BCUT2D eigenvalue weighted by atomic mass is 10.1. The van der Waals surface area contributed by atoms with Crippen LogP contribution in [0.2, 0.25) is 0 Å². The molecule has 0 saturated carbocycles. The zero-order valence-corrected chi connectivity index (χ0v) is 13.4. The first-order valence-corrected chi connectivity index (χ1v) is 7.59. The molecule has 2 rings (SSSR count). The summed E-state index contributed by atoms with van der Waals surface area (Å²) in [5.41, 5.74) is 1.76. The summed E-state index contributed by atoms with van der Waals surface area (Å²) in [5, 5.41) is 12.7. The van der Waals surface area contributed by atoms with Crippen LogP contribution in [0.5, 0.6) is 5.75 Å². The summed E-state index contributed by atoms with van der Waals surface area (Å²) in [4.78, 5) is 12.2. The highest BCUT2D eigenvalue weighted by molar-refractivity contribution is 5.23. The average Bonchev–Trinajstić information content (AvgIpc) is 2.55. The van der Waals surface area contributed by atoms with Crippen LogP contribution in [0.3, 0.4) is 0 Å². The first-order chi connectivity index (χ1) is 11.1. The normalized spacial score (nSPS) is 11.0. The van der Waals surface area contributed by atoms with Gasteiger partial charge in [0, 0.05) is 6.07 Å². The van der Waals surface area contributed by atoms with Crippen molar-refractivity contribution in [1.82, 2.24) is 9.78 Å². The van der Waals surface area contributed by atoms with Crippen molar-refractivity contribution in [3.63, 3.8) is 0 Å². The highest BCUT2D eigenvalue weighted by Crippen LogP contribution is 2.10. The molecule has 0 unspecified atom stereocenters. The fourth-order valence-electron chi connectivity index (χ4n) is 2.03. The molecule has 124 valence electrons. The monoisotopic (exact) mass is 318 g/mol.